The van der Waals surface area contributed by atoms with Crippen molar-refractivity contribution in [3.8, 4) is 0 Å². The lowest BCUT2D eigenvalue weighted by atomic mass is 10.1. The quantitative estimate of drug-likeness (QED) is 0.602. The van der Waals surface area contributed by atoms with Crippen LogP contribution in [0.25, 0.3) is 0 Å². The number of unbranched alkanes of at least 4 members (excludes halogenated alkanes) is 4. The van der Waals surface area contributed by atoms with Crippen molar-refractivity contribution in [1.82, 2.24) is 5.32 Å². The first-order valence-electron chi connectivity index (χ1n) is 7.73. The lowest BCUT2D eigenvalue weighted by Crippen LogP contribution is -2.16. The molecule has 108 valence electrons. The van der Waals surface area contributed by atoms with E-state index in [1.807, 2.05) is 6.92 Å². The molecule has 1 aromatic carbocycles. The first-order chi connectivity index (χ1) is 9.38. The number of benzene rings is 1. The molecule has 2 heteroatoms. The van der Waals surface area contributed by atoms with Crippen LogP contribution in [0.1, 0.15) is 57.1 Å². The molecule has 0 radical (unpaired) electrons. The van der Waals surface area contributed by atoms with Crippen molar-refractivity contribution in [3.05, 3.63) is 35.4 Å². The Balaban J connectivity index is 2.21. The zero-order valence-corrected chi connectivity index (χ0v) is 12.6. The summed E-state index contributed by atoms with van der Waals surface area (Å²) < 4.78 is 5.50. The SMILES string of the molecule is CCCCCCCNCc1ccccc1COCC. The highest BCUT2D eigenvalue weighted by molar-refractivity contribution is 5.26. The summed E-state index contributed by atoms with van der Waals surface area (Å²) >= 11 is 0. The molecule has 0 amide bonds. The van der Waals surface area contributed by atoms with Crippen molar-refractivity contribution in [3.63, 3.8) is 0 Å². The van der Waals surface area contributed by atoms with Crippen molar-refractivity contribution < 1.29 is 4.74 Å². The Kier molecular flexibility index (Phi) is 9.38. The average molecular weight is 263 g/mol. The molecule has 19 heavy (non-hydrogen) atoms. The number of hydrogen-bond acceptors (Lipinski definition) is 2. The van der Waals surface area contributed by atoms with Gasteiger partial charge in [-0.05, 0) is 31.0 Å². The van der Waals surface area contributed by atoms with Gasteiger partial charge in [-0.15, -0.1) is 0 Å². The Labute approximate surface area is 118 Å². The lowest BCUT2D eigenvalue weighted by Gasteiger charge is -2.10. The van der Waals surface area contributed by atoms with Crippen molar-refractivity contribution in [2.75, 3.05) is 13.2 Å². The maximum Gasteiger partial charge on any atom is 0.0719 e. The van der Waals surface area contributed by atoms with Crippen LogP contribution < -0.4 is 5.32 Å². The van der Waals surface area contributed by atoms with Gasteiger partial charge in [-0.1, -0.05) is 56.9 Å². The van der Waals surface area contributed by atoms with Crippen molar-refractivity contribution in [1.29, 1.82) is 0 Å². The molecular formula is C17H29NO. The molecule has 1 N–H and O–H groups in total. The molecule has 0 spiro atoms. The molecule has 0 heterocycles. The second-order valence-electron chi connectivity index (χ2n) is 5.00. The highest BCUT2D eigenvalue weighted by Crippen LogP contribution is 2.10. The van der Waals surface area contributed by atoms with E-state index in [0.717, 1.165) is 26.3 Å². The minimum Gasteiger partial charge on any atom is -0.377 e. The van der Waals surface area contributed by atoms with Gasteiger partial charge in [0.25, 0.3) is 0 Å². The van der Waals surface area contributed by atoms with E-state index in [1.165, 1.54) is 43.2 Å². The summed E-state index contributed by atoms with van der Waals surface area (Å²) in [5.41, 5.74) is 2.67. The molecule has 0 atom stereocenters. The molecule has 0 aromatic heterocycles. The van der Waals surface area contributed by atoms with Crippen molar-refractivity contribution in [2.24, 2.45) is 0 Å². The number of rotatable bonds is 11. The van der Waals surface area contributed by atoms with Gasteiger partial charge in [0.1, 0.15) is 0 Å². The largest absolute Gasteiger partial charge is 0.377 e. The number of hydrogen-bond donors (Lipinski definition) is 1. The van der Waals surface area contributed by atoms with Crippen LogP contribution in [0.4, 0.5) is 0 Å². The van der Waals surface area contributed by atoms with E-state index in [2.05, 4.69) is 36.5 Å². The van der Waals surface area contributed by atoms with Crippen LogP contribution in [0.15, 0.2) is 24.3 Å². The van der Waals surface area contributed by atoms with Crippen molar-refractivity contribution in [2.45, 2.75) is 59.1 Å². The third-order valence-corrected chi connectivity index (χ3v) is 3.35. The predicted molar refractivity (Wildman–Crippen MR) is 82.2 cm³/mol. The monoisotopic (exact) mass is 263 g/mol. The van der Waals surface area contributed by atoms with Gasteiger partial charge < -0.3 is 10.1 Å². The molecule has 0 aliphatic carbocycles. The number of ether oxygens (including phenoxy) is 1. The van der Waals surface area contributed by atoms with Crippen LogP contribution >= 0.6 is 0 Å². The maximum absolute atomic E-state index is 5.50. The lowest BCUT2D eigenvalue weighted by molar-refractivity contribution is 0.133. The fourth-order valence-electron chi connectivity index (χ4n) is 2.16. The summed E-state index contributed by atoms with van der Waals surface area (Å²) in [6.07, 6.45) is 6.70. The fraction of sp³-hybridized carbons (Fsp3) is 0.647. The second-order valence-corrected chi connectivity index (χ2v) is 5.00. The third kappa shape index (κ3) is 7.34. The molecule has 0 fully saturated rings. The van der Waals surface area contributed by atoms with Gasteiger partial charge in [0.15, 0.2) is 0 Å². The molecule has 1 rings (SSSR count). The summed E-state index contributed by atoms with van der Waals surface area (Å²) in [4.78, 5) is 0. The van der Waals surface area contributed by atoms with Gasteiger partial charge in [-0.2, -0.15) is 0 Å². The Morgan fingerprint density at radius 2 is 1.68 bits per heavy atom. The molecule has 0 unspecified atom stereocenters. The molecule has 0 saturated heterocycles. The second kappa shape index (κ2) is 11.0. The predicted octanol–water partition coefficient (Wildman–Crippen LogP) is 4.28. The summed E-state index contributed by atoms with van der Waals surface area (Å²) in [5.74, 6) is 0. The van der Waals surface area contributed by atoms with Crippen LogP contribution in [-0.2, 0) is 17.9 Å². The maximum atomic E-state index is 5.50. The van der Waals surface area contributed by atoms with Crippen molar-refractivity contribution >= 4 is 0 Å². The Morgan fingerprint density at radius 1 is 0.947 bits per heavy atom. The average Bonchev–Trinajstić information content (AvgIpc) is 2.45. The molecule has 0 aliphatic heterocycles. The van der Waals surface area contributed by atoms with Crippen LogP contribution in [0.3, 0.4) is 0 Å². The smallest absolute Gasteiger partial charge is 0.0719 e. The molecule has 2 nitrogen and oxygen atoms in total. The van der Waals surface area contributed by atoms with E-state index in [1.54, 1.807) is 0 Å². The molecule has 0 bridgehead atoms. The van der Waals surface area contributed by atoms with Crippen LogP contribution in [0.2, 0.25) is 0 Å². The Bertz CT molecular complexity index is 325. The van der Waals surface area contributed by atoms with Gasteiger partial charge in [0.2, 0.25) is 0 Å². The highest BCUT2D eigenvalue weighted by Gasteiger charge is 2.01. The first kappa shape index (κ1) is 16.2. The minimum absolute atomic E-state index is 0.727. The highest BCUT2D eigenvalue weighted by atomic mass is 16.5. The molecule has 1 aromatic rings. The molecular weight excluding hydrogens is 234 g/mol. The van der Waals surface area contributed by atoms with Gasteiger partial charge in [0.05, 0.1) is 6.61 Å². The van der Waals surface area contributed by atoms with Gasteiger partial charge in [-0.3, -0.25) is 0 Å². The van der Waals surface area contributed by atoms with E-state index < -0.39 is 0 Å². The van der Waals surface area contributed by atoms with E-state index >= 15 is 0 Å². The van der Waals surface area contributed by atoms with E-state index in [4.69, 9.17) is 4.74 Å². The zero-order chi connectivity index (χ0) is 13.8. The summed E-state index contributed by atoms with van der Waals surface area (Å²) in [6.45, 7) is 7.87. The normalized spacial score (nSPS) is 10.8. The fourth-order valence-corrected chi connectivity index (χ4v) is 2.16. The first-order valence-corrected chi connectivity index (χ1v) is 7.73. The van der Waals surface area contributed by atoms with Crippen LogP contribution in [0, 0.1) is 0 Å². The van der Waals surface area contributed by atoms with Gasteiger partial charge in [-0.25, -0.2) is 0 Å². The third-order valence-electron chi connectivity index (χ3n) is 3.35. The van der Waals surface area contributed by atoms with E-state index in [9.17, 15) is 0 Å². The van der Waals surface area contributed by atoms with Crippen LogP contribution in [0.5, 0.6) is 0 Å². The van der Waals surface area contributed by atoms with Gasteiger partial charge in [0, 0.05) is 13.2 Å². The van der Waals surface area contributed by atoms with E-state index in [-0.39, 0.29) is 0 Å². The Morgan fingerprint density at radius 3 is 2.42 bits per heavy atom. The molecule has 0 saturated carbocycles. The summed E-state index contributed by atoms with van der Waals surface area (Å²) in [5, 5.41) is 3.54. The topological polar surface area (TPSA) is 21.3 Å². The summed E-state index contributed by atoms with van der Waals surface area (Å²) in [7, 11) is 0. The summed E-state index contributed by atoms with van der Waals surface area (Å²) in [6, 6.07) is 8.54. The van der Waals surface area contributed by atoms with Crippen LogP contribution in [-0.4, -0.2) is 13.2 Å². The van der Waals surface area contributed by atoms with Gasteiger partial charge >= 0.3 is 0 Å². The van der Waals surface area contributed by atoms with E-state index in [0.29, 0.717) is 0 Å². The molecule has 0 aliphatic rings. The Hall–Kier alpha value is -0.860. The standard InChI is InChI=1S/C17H29NO/c1-3-5-6-7-10-13-18-14-16-11-8-9-12-17(16)15-19-4-2/h8-9,11-12,18H,3-7,10,13-15H2,1-2H3. The minimum atomic E-state index is 0.727. The number of nitrogens with one attached hydrogen (secondary N) is 1. The zero-order valence-electron chi connectivity index (χ0n) is 12.6.